The van der Waals surface area contributed by atoms with Crippen LogP contribution >= 0.6 is 0 Å². The molecule has 0 aliphatic carbocycles. The van der Waals surface area contributed by atoms with E-state index in [0.29, 0.717) is 13.2 Å². The molecule has 5 rings (SSSR count). The smallest absolute Gasteiger partial charge is 0.312 e. The van der Waals surface area contributed by atoms with Gasteiger partial charge < -0.3 is 18.8 Å². The van der Waals surface area contributed by atoms with Crippen LogP contribution in [0.25, 0.3) is 11.0 Å². The van der Waals surface area contributed by atoms with Crippen molar-refractivity contribution in [2.45, 2.75) is 31.9 Å². The number of esters is 1. The number of imidazole rings is 1. The van der Waals surface area contributed by atoms with Crippen LogP contribution in [0.2, 0.25) is 0 Å². The summed E-state index contributed by atoms with van der Waals surface area (Å²) in [5, 5.41) is 0. The molecule has 0 radical (unpaired) electrons. The van der Waals surface area contributed by atoms with Gasteiger partial charge in [-0.25, -0.2) is 4.98 Å². The van der Waals surface area contributed by atoms with Crippen molar-refractivity contribution in [3.05, 3.63) is 54.9 Å². The summed E-state index contributed by atoms with van der Waals surface area (Å²) in [6.45, 7) is 3.92. The lowest BCUT2D eigenvalue weighted by Crippen LogP contribution is -2.43. The summed E-state index contributed by atoms with van der Waals surface area (Å²) in [7, 11) is 1.65. The number of piperidine rings is 1. The second-order valence-corrected chi connectivity index (χ2v) is 8.76. The van der Waals surface area contributed by atoms with E-state index in [-0.39, 0.29) is 17.5 Å². The number of methoxy groups -OCH3 is 1. The Kier molecular flexibility index (Phi) is 5.74. The Hall–Kier alpha value is -3.06. The summed E-state index contributed by atoms with van der Waals surface area (Å²) in [4.78, 5) is 19.6. The Bertz CT molecular complexity index is 1070. The third-order valence-electron chi connectivity index (χ3n) is 6.80. The van der Waals surface area contributed by atoms with E-state index in [4.69, 9.17) is 14.2 Å². The molecular weight excluding hydrogens is 406 g/mol. The Morgan fingerprint density at radius 2 is 1.84 bits per heavy atom. The number of likely N-dealkylation sites (tertiary alicyclic amines) is 1. The van der Waals surface area contributed by atoms with Gasteiger partial charge in [-0.1, -0.05) is 12.1 Å². The molecule has 32 heavy (non-hydrogen) atoms. The summed E-state index contributed by atoms with van der Waals surface area (Å²) in [5.41, 5.74) is 1.71. The topological polar surface area (TPSA) is 65.8 Å². The van der Waals surface area contributed by atoms with Gasteiger partial charge in [-0.3, -0.25) is 9.69 Å². The molecule has 168 valence electrons. The quantitative estimate of drug-likeness (QED) is 0.529. The summed E-state index contributed by atoms with van der Waals surface area (Å²) >= 11 is 0. The zero-order valence-corrected chi connectivity index (χ0v) is 18.4. The first kappa shape index (κ1) is 20.8. The van der Waals surface area contributed by atoms with Gasteiger partial charge in [0, 0.05) is 13.0 Å². The molecule has 1 aromatic heterocycles. The molecule has 2 fully saturated rings. The van der Waals surface area contributed by atoms with E-state index in [1.54, 1.807) is 7.11 Å². The first-order valence-corrected chi connectivity index (χ1v) is 11.3. The molecule has 1 atom stereocenters. The minimum Gasteiger partial charge on any atom is -0.497 e. The maximum absolute atomic E-state index is 12.8. The molecule has 3 aromatic rings. The van der Waals surface area contributed by atoms with Crippen LogP contribution in [0.1, 0.15) is 19.3 Å². The van der Waals surface area contributed by atoms with Crippen LogP contribution in [0.5, 0.6) is 11.5 Å². The third kappa shape index (κ3) is 4.17. The van der Waals surface area contributed by atoms with E-state index < -0.39 is 0 Å². The molecule has 7 nitrogen and oxygen atoms in total. The second-order valence-electron chi connectivity index (χ2n) is 8.76. The first-order valence-electron chi connectivity index (χ1n) is 11.3. The van der Waals surface area contributed by atoms with Crippen molar-refractivity contribution >= 4 is 17.0 Å². The van der Waals surface area contributed by atoms with Crippen LogP contribution < -0.4 is 9.47 Å². The van der Waals surface area contributed by atoms with E-state index in [1.807, 2.05) is 48.8 Å². The van der Waals surface area contributed by atoms with Crippen molar-refractivity contribution in [2.75, 3.05) is 33.4 Å². The maximum Gasteiger partial charge on any atom is 0.312 e. The highest BCUT2D eigenvalue weighted by molar-refractivity contribution is 5.79. The molecule has 1 unspecified atom stereocenters. The van der Waals surface area contributed by atoms with Gasteiger partial charge in [0.05, 0.1) is 36.4 Å². The average molecular weight is 436 g/mol. The molecule has 2 aliphatic rings. The van der Waals surface area contributed by atoms with Crippen molar-refractivity contribution < 1.29 is 19.0 Å². The predicted molar refractivity (Wildman–Crippen MR) is 121 cm³/mol. The van der Waals surface area contributed by atoms with Gasteiger partial charge in [0.2, 0.25) is 0 Å². The van der Waals surface area contributed by atoms with E-state index in [9.17, 15) is 4.79 Å². The molecule has 0 N–H and O–H groups in total. The SMILES string of the molecule is COc1ccc(OCCN2CCC3(CC2)CC(Cn2cnc4ccccc42)OC3=O)cc1. The molecule has 3 heterocycles. The first-order chi connectivity index (χ1) is 15.6. The van der Waals surface area contributed by atoms with Gasteiger partial charge in [-0.05, 0) is 62.3 Å². The van der Waals surface area contributed by atoms with Crippen molar-refractivity contribution in [2.24, 2.45) is 5.41 Å². The number of ether oxygens (including phenoxy) is 3. The van der Waals surface area contributed by atoms with Gasteiger partial charge in [0.1, 0.15) is 24.2 Å². The minimum absolute atomic E-state index is 0.0268. The molecule has 7 heteroatoms. The van der Waals surface area contributed by atoms with E-state index in [2.05, 4.69) is 20.5 Å². The third-order valence-corrected chi connectivity index (χ3v) is 6.80. The monoisotopic (exact) mass is 435 g/mol. The van der Waals surface area contributed by atoms with Gasteiger partial charge in [-0.15, -0.1) is 0 Å². The molecule has 1 spiro atoms. The second kappa shape index (κ2) is 8.82. The van der Waals surface area contributed by atoms with Gasteiger partial charge in [-0.2, -0.15) is 0 Å². The summed E-state index contributed by atoms with van der Waals surface area (Å²) < 4.78 is 19.0. The molecular formula is C25H29N3O4. The number of rotatable bonds is 7. The standard InChI is InChI=1S/C25H29N3O4/c1-30-19-6-8-20(9-7-19)31-15-14-27-12-10-25(11-13-27)16-21(32-24(25)29)17-28-18-26-22-4-2-3-5-23(22)28/h2-9,18,21H,10-17H2,1H3. The number of aromatic nitrogens is 2. The fourth-order valence-corrected chi connectivity index (χ4v) is 4.89. The zero-order chi connectivity index (χ0) is 22.0. The Labute approximate surface area is 187 Å². The highest BCUT2D eigenvalue weighted by Gasteiger charge is 2.50. The molecule has 0 saturated carbocycles. The number of carbonyl (C=O) groups is 1. The Morgan fingerprint density at radius 1 is 1.09 bits per heavy atom. The van der Waals surface area contributed by atoms with Crippen LogP contribution in [0.15, 0.2) is 54.9 Å². The van der Waals surface area contributed by atoms with Crippen LogP contribution in [-0.2, 0) is 16.1 Å². The van der Waals surface area contributed by atoms with Crippen LogP contribution in [0.3, 0.4) is 0 Å². The lowest BCUT2D eigenvalue weighted by atomic mass is 9.76. The number of nitrogens with zero attached hydrogens (tertiary/aromatic N) is 3. The molecule has 2 saturated heterocycles. The fraction of sp³-hybridized carbons (Fsp3) is 0.440. The van der Waals surface area contributed by atoms with E-state index >= 15 is 0 Å². The van der Waals surface area contributed by atoms with Crippen molar-refractivity contribution in [3.8, 4) is 11.5 Å². The number of hydrogen-bond donors (Lipinski definition) is 0. The largest absolute Gasteiger partial charge is 0.497 e. The Balaban J connectivity index is 1.11. The fourth-order valence-electron chi connectivity index (χ4n) is 4.89. The molecule has 2 aliphatic heterocycles. The Morgan fingerprint density at radius 3 is 2.62 bits per heavy atom. The number of hydrogen-bond acceptors (Lipinski definition) is 6. The number of para-hydroxylation sites is 2. The average Bonchev–Trinajstić information content (AvgIpc) is 3.36. The number of cyclic esters (lactones) is 1. The van der Waals surface area contributed by atoms with Crippen molar-refractivity contribution in [3.63, 3.8) is 0 Å². The van der Waals surface area contributed by atoms with Crippen LogP contribution in [0.4, 0.5) is 0 Å². The molecule has 0 amide bonds. The van der Waals surface area contributed by atoms with E-state index in [0.717, 1.165) is 61.4 Å². The normalized spacial score (nSPS) is 20.5. The number of benzene rings is 2. The van der Waals surface area contributed by atoms with Gasteiger partial charge in [0.25, 0.3) is 0 Å². The maximum atomic E-state index is 12.8. The van der Waals surface area contributed by atoms with Crippen molar-refractivity contribution in [1.29, 1.82) is 0 Å². The highest BCUT2D eigenvalue weighted by Crippen LogP contribution is 2.43. The number of fused-ring (bicyclic) bond motifs is 1. The van der Waals surface area contributed by atoms with E-state index in [1.165, 1.54) is 0 Å². The predicted octanol–water partition coefficient (Wildman–Crippen LogP) is 3.52. The van der Waals surface area contributed by atoms with Crippen LogP contribution in [0, 0.1) is 5.41 Å². The van der Waals surface area contributed by atoms with Crippen molar-refractivity contribution in [1.82, 2.24) is 14.5 Å². The summed E-state index contributed by atoms with van der Waals surface area (Å²) in [6.07, 6.45) is 4.22. The molecule has 2 aromatic carbocycles. The summed E-state index contributed by atoms with van der Waals surface area (Å²) in [6, 6.07) is 15.7. The lowest BCUT2D eigenvalue weighted by molar-refractivity contribution is -0.151. The zero-order valence-electron chi connectivity index (χ0n) is 18.4. The minimum atomic E-state index is -0.339. The van der Waals surface area contributed by atoms with Crippen LogP contribution in [-0.4, -0.2) is 59.9 Å². The van der Waals surface area contributed by atoms with Gasteiger partial charge in [0.15, 0.2) is 0 Å². The summed E-state index contributed by atoms with van der Waals surface area (Å²) in [5.74, 6) is 1.64. The number of carbonyl (C=O) groups excluding carboxylic acids is 1. The van der Waals surface area contributed by atoms with Gasteiger partial charge >= 0.3 is 5.97 Å². The lowest BCUT2D eigenvalue weighted by Gasteiger charge is -2.36. The highest BCUT2D eigenvalue weighted by atomic mass is 16.6. The molecule has 0 bridgehead atoms.